The molecule has 94 valence electrons. The van der Waals surface area contributed by atoms with Crippen LogP contribution < -0.4 is 0 Å². The summed E-state index contributed by atoms with van der Waals surface area (Å²) in [5.74, 6) is -0.732. The second-order valence-corrected chi connectivity index (χ2v) is 3.60. The minimum absolute atomic E-state index is 0.0541. The molecular weight excluding hydrogens is 212 g/mol. The van der Waals surface area contributed by atoms with Crippen LogP contribution >= 0.6 is 0 Å². The van der Waals surface area contributed by atoms with Crippen LogP contribution in [0.1, 0.15) is 20.3 Å². The maximum atomic E-state index is 11.3. The molecule has 0 aromatic carbocycles. The second kappa shape index (κ2) is 7.24. The predicted molar refractivity (Wildman–Crippen MR) is 58.6 cm³/mol. The van der Waals surface area contributed by atoms with Crippen molar-refractivity contribution in [2.24, 2.45) is 5.41 Å². The van der Waals surface area contributed by atoms with E-state index in [0.717, 1.165) is 0 Å². The number of ether oxygens (including phenoxy) is 2. The summed E-state index contributed by atoms with van der Waals surface area (Å²) < 4.78 is 9.79. The van der Waals surface area contributed by atoms with Crippen LogP contribution in [0.15, 0.2) is 12.3 Å². The van der Waals surface area contributed by atoms with Gasteiger partial charge in [0.15, 0.2) is 5.76 Å². The van der Waals surface area contributed by atoms with Gasteiger partial charge in [-0.2, -0.15) is 0 Å². The molecule has 0 rings (SSSR count). The minimum atomic E-state index is -0.790. The van der Waals surface area contributed by atoms with Gasteiger partial charge in [-0.25, -0.2) is 4.79 Å². The van der Waals surface area contributed by atoms with Gasteiger partial charge in [-0.05, 0) is 19.9 Å². The molecule has 0 bridgehead atoms. The molecule has 0 radical (unpaired) electrons. The van der Waals surface area contributed by atoms with Crippen LogP contribution in [0.2, 0.25) is 0 Å². The van der Waals surface area contributed by atoms with Gasteiger partial charge in [0.1, 0.15) is 6.61 Å². The summed E-state index contributed by atoms with van der Waals surface area (Å²) in [6.07, 6.45) is 0.508. The molecule has 16 heavy (non-hydrogen) atoms. The largest absolute Gasteiger partial charge is 0.487 e. The number of hydrogen-bond donors (Lipinski definition) is 2. The number of carbonyl (C=O) groups is 1. The Morgan fingerprint density at radius 1 is 1.25 bits per heavy atom. The van der Waals surface area contributed by atoms with E-state index >= 15 is 0 Å². The number of carbonyl (C=O) groups excluding carboxylic acids is 1. The summed E-state index contributed by atoms with van der Waals surface area (Å²) in [6.45, 7) is 6.74. The Balaban J connectivity index is 4.21. The lowest BCUT2D eigenvalue weighted by Gasteiger charge is -2.27. The van der Waals surface area contributed by atoms with Gasteiger partial charge in [0.2, 0.25) is 0 Å². The summed E-state index contributed by atoms with van der Waals surface area (Å²) in [5.41, 5.74) is -0.790. The number of esters is 1. The van der Waals surface area contributed by atoms with Crippen molar-refractivity contribution in [3.05, 3.63) is 12.3 Å². The van der Waals surface area contributed by atoms with E-state index in [1.807, 2.05) is 0 Å². The molecule has 0 aliphatic rings. The molecule has 0 atom stereocenters. The number of aliphatic hydroxyl groups is 2. The van der Waals surface area contributed by atoms with Crippen LogP contribution in [0, 0.1) is 5.41 Å². The summed E-state index contributed by atoms with van der Waals surface area (Å²) in [6, 6.07) is 0. The van der Waals surface area contributed by atoms with Gasteiger partial charge in [0, 0.05) is 0 Å². The van der Waals surface area contributed by atoms with E-state index in [9.17, 15) is 4.79 Å². The number of hydrogen-bond acceptors (Lipinski definition) is 5. The molecule has 0 unspecified atom stereocenters. The van der Waals surface area contributed by atoms with Crippen LogP contribution in [-0.2, 0) is 14.3 Å². The number of aliphatic hydroxyl groups excluding tert-OH is 2. The monoisotopic (exact) mass is 232 g/mol. The fraction of sp³-hybridized carbons (Fsp3) is 0.727. The van der Waals surface area contributed by atoms with Gasteiger partial charge in [-0.1, -0.05) is 6.92 Å². The zero-order valence-electron chi connectivity index (χ0n) is 9.86. The molecule has 5 nitrogen and oxygen atoms in total. The lowest BCUT2D eigenvalue weighted by atomic mass is 9.88. The third-order valence-corrected chi connectivity index (χ3v) is 2.48. The minimum Gasteiger partial charge on any atom is -0.487 e. The van der Waals surface area contributed by atoms with Crippen LogP contribution in [-0.4, -0.2) is 42.6 Å². The lowest BCUT2D eigenvalue weighted by molar-refractivity contribution is -0.149. The van der Waals surface area contributed by atoms with Gasteiger partial charge in [-0.3, -0.25) is 0 Å². The first-order valence-corrected chi connectivity index (χ1v) is 5.25. The van der Waals surface area contributed by atoms with Crippen molar-refractivity contribution in [3.8, 4) is 0 Å². The van der Waals surface area contributed by atoms with Crippen molar-refractivity contribution in [3.63, 3.8) is 0 Å². The fourth-order valence-corrected chi connectivity index (χ4v) is 0.999. The van der Waals surface area contributed by atoms with E-state index in [-0.39, 0.29) is 25.6 Å². The van der Waals surface area contributed by atoms with Crippen molar-refractivity contribution in [1.29, 1.82) is 0 Å². The molecule has 2 N–H and O–H groups in total. The molecule has 0 fully saturated rings. The summed E-state index contributed by atoms with van der Waals surface area (Å²) in [5, 5.41) is 18.3. The van der Waals surface area contributed by atoms with Crippen LogP contribution in [0.25, 0.3) is 0 Å². The van der Waals surface area contributed by atoms with Crippen molar-refractivity contribution in [2.45, 2.75) is 20.3 Å². The van der Waals surface area contributed by atoms with Crippen molar-refractivity contribution in [2.75, 3.05) is 26.4 Å². The first kappa shape index (κ1) is 14.9. The van der Waals surface area contributed by atoms with E-state index < -0.39 is 11.4 Å². The van der Waals surface area contributed by atoms with E-state index in [2.05, 4.69) is 6.58 Å². The molecule has 0 aromatic heterocycles. The van der Waals surface area contributed by atoms with Gasteiger partial charge in [0.25, 0.3) is 0 Å². The second-order valence-electron chi connectivity index (χ2n) is 3.60. The highest BCUT2D eigenvalue weighted by Gasteiger charge is 2.29. The van der Waals surface area contributed by atoms with Crippen LogP contribution in [0.3, 0.4) is 0 Å². The first-order valence-electron chi connectivity index (χ1n) is 5.25. The smallest absolute Gasteiger partial charge is 0.372 e. The Hall–Kier alpha value is -1.07. The van der Waals surface area contributed by atoms with Crippen molar-refractivity contribution >= 4 is 5.97 Å². The van der Waals surface area contributed by atoms with E-state index in [0.29, 0.717) is 13.0 Å². The Labute approximate surface area is 95.7 Å². The van der Waals surface area contributed by atoms with Gasteiger partial charge in [-0.15, -0.1) is 0 Å². The average Bonchev–Trinajstić information content (AvgIpc) is 2.31. The highest BCUT2D eigenvalue weighted by Crippen LogP contribution is 2.21. The molecule has 0 aromatic rings. The highest BCUT2D eigenvalue weighted by atomic mass is 16.6. The number of rotatable bonds is 8. The zero-order chi connectivity index (χ0) is 12.6. The molecule has 0 heterocycles. The van der Waals surface area contributed by atoms with E-state index in [1.54, 1.807) is 13.8 Å². The third kappa shape index (κ3) is 4.20. The molecule has 0 aliphatic carbocycles. The molecule has 0 saturated carbocycles. The predicted octanol–water partition coefficient (Wildman–Crippen LogP) is 0.461. The fourth-order valence-electron chi connectivity index (χ4n) is 0.999. The maximum absolute atomic E-state index is 11.3. The van der Waals surface area contributed by atoms with Crippen molar-refractivity contribution in [1.82, 2.24) is 0 Å². The van der Waals surface area contributed by atoms with E-state index in [1.165, 1.54) is 0 Å². The molecule has 5 heteroatoms. The van der Waals surface area contributed by atoms with Gasteiger partial charge >= 0.3 is 5.97 Å². The first-order chi connectivity index (χ1) is 7.55. The maximum Gasteiger partial charge on any atom is 0.372 e. The standard InChI is InChI=1S/C11H20O5/c1-4-11(6-12,7-13)8-16-10(14)9(3)15-5-2/h12-13H,3-8H2,1-2H3. The lowest BCUT2D eigenvalue weighted by Crippen LogP contribution is -2.35. The summed E-state index contributed by atoms with van der Waals surface area (Å²) >= 11 is 0. The Morgan fingerprint density at radius 3 is 2.19 bits per heavy atom. The van der Waals surface area contributed by atoms with Crippen LogP contribution in [0.4, 0.5) is 0 Å². The van der Waals surface area contributed by atoms with Crippen LogP contribution in [0.5, 0.6) is 0 Å². The Kier molecular flexibility index (Phi) is 6.76. The van der Waals surface area contributed by atoms with Gasteiger partial charge in [0.05, 0.1) is 25.2 Å². The normalized spacial score (nSPS) is 11.0. The molecule has 0 aliphatic heterocycles. The molecular formula is C11H20O5. The summed E-state index contributed by atoms with van der Waals surface area (Å²) in [4.78, 5) is 11.3. The van der Waals surface area contributed by atoms with E-state index in [4.69, 9.17) is 19.7 Å². The third-order valence-electron chi connectivity index (χ3n) is 2.48. The molecule has 0 saturated heterocycles. The highest BCUT2D eigenvalue weighted by molar-refractivity contribution is 5.85. The molecule has 0 spiro atoms. The summed E-state index contributed by atoms with van der Waals surface area (Å²) in [7, 11) is 0. The Morgan fingerprint density at radius 2 is 1.81 bits per heavy atom. The molecule has 0 amide bonds. The topological polar surface area (TPSA) is 76.0 Å². The zero-order valence-corrected chi connectivity index (χ0v) is 9.86. The SMILES string of the molecule is C=C(OCC)C(=O)OCC(CC)(CO)CO. The average molecular weight is 232 g/mol. The Bertz CT molecular complexity index is 224. The van der Waals surface area contributed by atoms with Gasteiger partial charge < -0.3 is 19.7 Å². The quantitative estimate of drug-likeness (QED) is 0.361. The van der Waals surface area contributed by atoms with Crippen molar-refractivity contribution < 1.29 is 24.5 Å².